The number of carbonyl (C=O) groups is 1. The second-order valence-electron chi connectivity index (χ2n) is 5.66. The van der Waals surface area contributed by atoms with Gasteiger partial charge in [-0.05, 0) is 43.0 Å². The highest BCUT2D eigenvalue weighted by atomic mass is 16.1. The molecule has 1 aromatic heterocycles. The van der Waals surface area contributed by atoms with Crippen molar-refractivity contribution in [3.63, 3.8) is 0 Å². The molecular weight excluding hydrogens is 248 g/mol. The molecule has 1 aliphatic carbocycles. The number of pyridine rings is 1. The summed E-state index contributed by atoms with van der Waals surface area (Å²) in [5, 5.41) is 1.09. The van der Waals surface area contributed by atoms with Gasteiger partial charge in [0, 0.05) is 23.9 Å². The van der Waals surface area contributed by atoms with Crippen molar-refractivity contribution in [3.8, 4) is 0 Å². The largest absolute Gasteiger partial charge is 0.330 e. The summed E-state index contributed by atoms with van der Waals surface area (Å²) >= 11 is 0. The van der Waals surface area contributed by atoms with Gasteiger partial charge in [-0.2, -0.15) is 0 Å². The molecule has 2 atom stereocenters. The third-order valence-corrected chi connectivity index (χ3v) is 4.48. The number of nitrogens with zero attached hydrogens (tertiary/aromatic N) is 1. The Labute approximate surface area is 119 Å². The molecule has 1 heterocycles. The fourth-order valence-electron chi connectivity index (χ4n) is 3.37. The van der Waals surface area contributed by atoms with Crippen LogP contribution in [0.3, 0.4) is 0 Å². The molecule has 20 heavy (non-hydrogen) atoms. The number of ketones is 1. The molecule has 0 amide bonds. The summed E-state index contributed by atoms with van der Waals surface area (Å²) in [6.45, 7) is 0.632. The summed E-state index contributed by atoms with van der Waals surface area (Å²) in [6, 6.07) is 9.97. The van der Waals surface area contributed by atoms with Crippen LogP contribution < -0.4 is 5.73 Å². The molecule has 2 unspecified atom stereocenters. The highest BCUT2D eigenvalue weighted by Gasteiger charge is 2.31. The highest BCUT2D eigenvalue weighted by Crippen LogP contribution is 2.32. The molecule has 1 saturated carbocycles. The first kappa shape index (κ1) is 13.3. The molecule has 2 N–H and O–H groups in total. The zero-order valence-corrected chi connectivity index (χ0v) is 11.6. The Morgan fingerprint density at radius 2 is 2.10 bits per heavy atom. The molecule has 3 nitrogen and oxygen atoms in total. The molecule has 1 aliphatic rings. The fraction of sp³-hybridized carbons (Fsp3) is 0.412. The van der Waals surface area contributed by atoms with Gasteiger partial charge in [-0.1, -0.05) is 24.6 Å². The predicted octanol–water partition coefficient (Wildman–Crippen LogP) is 2.72. The number of benzene rings is 1. The molecule has 3 rings (SSSR count). The number of rotatable bonds is 4. The molecule has 104 valence electrons. The minimum Gasteiger partial charge on any atom is -0.330 e. The third-order valence-electron chi connectivity index (χ3n) is 4.48. The Bertz CT molecular complexity index is 618. The van der Waals surface area contributed by atoms with Crippen molar-refractivity contribution >= 4 is 16.7 Å². The lowest BCUT2D eigenvalue weighted by atomic mass is 9.88. The monoisotopic (exact) mass is 268 g/mol. The van der Waals surface area contributed by atoms with Crippen LogP contribution in [-0.4, -0.2) is 17.3 Å². The summed E-state index contributed by atoms with van der Waals surface area (Å²) in [5.74, 6) is 0.886. The zero-order valence-electron chi connectivity index (χ0n) is 11.6. The lowest BCUT2D eigenvalue weighted by Gasteiger charge is -2.17. The van der Waals surface area contributed by atoms with Gasteiger partial charge in [0.1, 0.15) is 5.78 Å². The third kappa shape index (κ3) is 2.46. The van der Waals surface area contributed by atoms with E-state index in [1.165, 1.54) is 0 Å². The first-order chi connectivity index (χ1) is 9.79. The zero-order chi connectivity index (χ0) is 13.9. The molecule has 1 aromatic carbocycles. The van der Waals surface area contributed by atoms with E-state index in [-0.39, 0.29) is 5.92 Å². The lowest BCUT2D eigenvalue weighted by molar-refractivity contribution is -0.123. The number of fused-ring (bicyclic) bond motifs is 1. The van der Waals surface area contributed by atoms with E-state index in [9.17, 15) is 4.79 Å². The lowest BCUT2D eigenvalue weighted by Crippen LogP contribution is -2.26. The highest BCUT2D eigenvalue weighted by molar-refractivity contribution is 5.90. The van der Waals surface area contributed by atoms with Gasteiger partial charge in [0.2, 0.25) is 0 Å². The first-order valence-corrected chi connectivity index (χ1v) is 7.35. The maximum atomic E-state index is 12.6. The Kier molecular flexibility index (Phi) is 3.79. The minimum atomic E-state index is 0.159. The topological polar surface area (TPSA) is 56.0 Å². The number of para-hydroxylation sites is 1. The summed E-state index contributed by atoms with van der Waals surface area (Å²) in [6.07, 6.45) is 5.54. The predicted molar refractivity (Wildman–Crippen MR) is 80.3 cm³/mol. The van der Waals surface area contributed by atoms with Crippen LogP contribution in [0.1, 0.15) is 24.8 Å². The number of nitrogens with two attached hydrogens (primary N) is 1. The number of hydrogen-bond acceptors (Lipinski definition) is 3. The SMILES string of the molecule is NCC1CCCC1C(=O)Cc1ccnc2ccccc12. The van der Waals surface area contributed by atoms with Crippen LogP contribution in [0.15, 0.2) is 36.5 Å². The van der Waals surface area contributed by atoms with Crippen molar-refractivity contribution in [2.75, 3.05) is 6.54 Å². The van der Waals surface area contributed by atoms with E-state index < -0.39 is 0 Å². The van der Waals surface area contributed by atoms with Crippen LogP contribution >= 0.6 is 0 Å². The van der Waals surface area contributed by atoms with Gasteiger partial charge in [-0.15, -0.1) is 0 Å². The van der Waals surface area contributed by atoms with Gasteiger partial charge in [0.25, 0.3) is 0 Å². The number of carbonyl (C=O) groups excluding carboxylic acids is 1. The molecule has 0 saturated heterocycles. The minimum absolute atomic E-state index is 0.159. The second-order valence-corrected chi connectivity index (χ2v) is 5.66. The van der Waals surface area contributed by atoms with Crippen LogP contribution in [0.5, 0.6) is 0 Å². The van der Waals surface area contributed by atoms with Crippen molar-refractivity contribution in [3.05, 3.63) is 42.1 Å². The number of hydrogen-bond donors (Lipinski definition) is 1. The van der Waals surface area contributed by atoms with Crippen LogP contribution in [0.25, 0.3) is 10.9 Å². The molecular formula is C17H20N2O. The van der Waals surface area contributed by atoms with Gasteiger partial charge >= 0.3 is 0 Å². The van der Waals surface area contributed by atoms with Gasteiger partial charge in [0.05, 0.1) is 5.52 Å². The molecule has 2 aromatic rings. The van der Waals surface area contributed by atoms with Gasteiger partial charge in [-0.3, -0.25) is 9.78 Å². The maximum Gasteiger partial charge on any atom is 0.140 e. The quantitative estimate of drug-likeness (QED) is 0.927. The van der Waals surface area contributed by atoms with Crippen LogP contribution in [0.2, 0.25) is 0 Å². The Morgan fingerprint density at radius 3 is 2.95 bits per heavy atom. The fourth-order valence-corrected chi connectivity index (χ4v) is 3.37. The van der Waals surface area contributed by atoms with Crippen LogP contribution in [0, 0.1) is 11.8 Å². The first-order valence-electron chi connectivity index (χ1n) is 7.35. The van der Waals surface area contributed by atoms with Crippen LogP contribution in [-0.2, 0) is 11.2 Å². The molecule has 0 aliphatic heterocycles. The van der Waals surface area contributed by atoms with Crippen molar-refractivity contribution in [1.29, 1.82) is 0 Å². The Hall–Kier alpha value is -1.74. The van der Waals surface area contributed by atoms with Crippen molar-refractivity contribution in [2.45, 2.75) is 25.7 Å². The van der Waals surface area contributed by atoms with E-state index in [0.29, 0.717) is 24.7 Å². The smallest absolute Gasteiger partial charge is 0.140 e. The molecule has 0 radical (unpaired) electrons. The van der Waals surface area contributed by atoms with E-state index in [0.717, 1.165) is 35.7 Å². The molecule has 3 heteroatoms. The van der Waals surface area contributed by atoms with Crippen molar-refractivity contribution < 1.29 is 4.79 Å². The summed E-state index contributed by atoms with van der Waals surface area (Å²) in [4.78, 5) is 16.9. The Balaban J connectivity index is 1.84. The van der Waals surface area contributed by atoms with E-state index in [1.807, 2.05) is 30.3 Å². The standard InChI is InChI=1S/C17H20N2O/c18-11-13-4-3-6-15(13)17(20)10-12-8-9-19-16-7-2-1-5-14(12)16/h1-2,5,7-9,13,15H,3-4,6,10-11,18H2. The molecule has 0 spiro atoms. The normalized spacial score (nSPS) is 22.2. The van der Waals surface area contributed by atoms with Gasteiger partial charge < -0.3 is 5.73 Å². The van der Waals surface area contributed by atoms with Gasteiger partial charge in [-0.25, -0.2) is 0 Å². The van der Waals surface area contributed by atoms with E-state index >= 15 is 0 Å². The van der Waals surface area contributed by atoms with Crippen LogP contribution in [0.4, 0.5) is 0 Å². The Morgan fingerprint density at radius 1 is 1.25 bits per heavy atom. The maximum absolute atomic E-state index is 12.6. The van der Waals surface area contributed by atoms with Gasteiger partial charge in [0.15, 0.2) is 0 Å². The average Bonchev–Trinajstić information content (AvgIpc) is 2.96. The average molecular weight is 268 g/mol. The summed E-state index contributed by atoms with van der Waals surface area (Å²) < 4.78 is 0. The van der Waals surface area contributed by atoms with Crippen molar-refractivity contribution in [1.82, 2.24) is 4.98 Å². The molecule has 0 bridgehead atoms. The van der Waals surface area contributed by atoms with Crippen molar-refractivity contribution in [2.24, 2.45) is 17.6 Å². The summed E-state index contributed by atoms with van der Waals surface area (Å²) in [7, 11) is 0. The summed E-state index contributed by atoms with van der Waals surface area (Å²) in [5.41, 5.74) is 7.83. The number of aromatic nitrogens is 1. The second kappa shape index (κ2) is 5.71. The van der Waals surface area contributed by atoms with E-state index in [4.69, 9.17) is 5.73 Å². The molecule has 1 fully saturated rings. The van der Waals surface area contributed by atoms with E-state index in [1.54, 1.807) is 6.20 Å². The van der Waals surface area contributed by atoms with E-state index in [2.05, 4.69) is 4.98 Å². The number of Topliss-reactive ketones (excluding diaryl/α,β-unsaturated/α-hetero) is 1.